The Morgan fingerprint density at radius 3 is 2.10 bits per heavy atom. The van der Waals surface area contributed by atoms with Crippen LogP contribution in [0, 0.1) is 0 Å². The van der Waals surface area contributed by atoms with Gasteiger partial charge in [0.1, 0.15) is 5.75 Å². The minimum atomic E-state index is -0.793. The van der Waals surface area contributed by atoms with E-state index in [4.69, 9.17) is 10.6 Å². The zero-order valence-corrected chi connectivity index (χ0v) is 21.7. The van der Waals surface area contributed by atoms with Gasteiger partial charge in [-0.3, -0.25) is 14.4 Å². The van der Waals surface area contributed by atoms with Crippen molar-refractivity contribution >= 4 is 68.9 Å². The van der Waals surface area contributed by atoms with Crippen molar-refractivity contribution in [3.63, 3.8) is 0 Å². The fourth-order valence-corrected chi connectivity index (χ4v) is 4.61. The number of hydrogen-bond acceptors (Lipinski definition) is 13. The number of carbonyl (C=O) groups excluding carboxylic acids is 2. The molecule has 0 fully saturated rings. The topological polar surface area (TPSA) is 224 Å². The Labute approximate surface area is 230 Å². The molecule has 0 bridgehead atoms. The van der Waals surface area contributed by atoms with Gasteiger partial charge in [-0.2, -0.15) is 0 Å². The molecule has 3 heterocycles. The standard InChI is InChI=1S/C23H17N9O6S2/c24-18(31-37-16(34)10-40-23-26-14-8-4-2-6-12(14)21(36)29-23)17-19(32-38-30-17)27-15(33)9-39-22-25-13-7-3-1-5-11(13)20(35)28-22/h1-8H,9-10H2,(H2,24,31)(H,25,28,35)(H,26,29,36)(H,27,32,33). The number of amides is 1. The maximum atomic E-state index is 12.4. The number of carbonyl (C=O) groups is 2. The summed E-state index contributed by atoms with van der Waals surface area (Å²) >= 11 is 1.93. The molecule has 0 aliphatic heterocycles. The molecule has 1 amide bonds. The average molecular weight is 580 g/mol. The molecule has 0 radical (unpaired) electrons. The molecule has 0 saturated carbocycles. The first-order valence-corrected chi connectivity index (χ1v) is 13.2. The molecule has 5 aromatic rings. The number of amidine groups is 1. The number of para-hydroxylation sites is 2. The fourth-order valence-electron chi connectivity index (χ4n) is 3.30. The fraction of sp³-hybridized carbons (Fsp3) is 0.0870. The maximum Gasteiger partial charge on any atom is 0.345 e. The van der Waals surface area contributed by atoms with Crippen LogP contribution in [0.5, 0.6) is 0 Å². The Hall–Kier alpha value is -5.03. The maximum absolute atomic E-state index is 12.4. The lowest BCUT2D eigenvalue weighted by Crippen LogP contribution is -2.21. The molecule has 202 valence electrons. The second-order valence-corrected chi connectivity index (χ2v) is 9.73. The third-order valence-electron chi connectivity index (χ3n) is 5.08. The summed E-state index contributed by atoms with van der Waals surface area (Å²) in [6.07, 6.45) is 0. The van der Waals surface area contributed by atoms with Gasteiger partial charge in [0, 0.05) is 0 Å². The van der Waals surface area contributed by atoms with Crippen LogP contribution in [0.2, 0.25) is 0 Å². The number of hydrogen-bond donors (Lipinski definition) is 4. The Kier molecular flexibility index (Phi) is 7.83. The summed E-state index contributed by atoms with van der Waals surface area (Å²) < 4.78 is 4.62. The molecule has 0 unspecified atom stereocenters. The third kappa shape index (κ3) is 6.16. The minimum absolute atomic E-state index is 0.137. The second-order valence-electron chi connectivity index (χ2n) is 7.80. The smallest absolute Gasteiger partial charge is 0.345 e. The van der Waals surface area contributed by atoms with E-state index >= 15 is 0 Å². The Morgan fingerprint density at radius 2 is 1.48 bits per heavy atom. The highest BCUT2D eigenvalue weighted by Crippen LogP contribution is 2.17. The largest absolute Gasteiger partial charge is 0.379 e. The molecule has 5 rings (SSSR count). The first-order chi connectivity index (χ1) is 19.4. The second kappa shape index (κ2) is 11.8. The quantitative estimate of drug-likeness (QED) is 0.0482. The Balaban J connectivity index is 1.15. The number of H-pyrrole nitrogens is 2. The lowest BCUT2D eigenvalue weighted by atomic mass is 10.2. The molecule has 40 heavy (non-hydrogen) atoms. The molecule has 0 atom stereocenters. The van der Waals surface area contributed by atoms with Gasteiger partial charge < -0.3 is 25.9 Å². The van der Waals surface area contributed by atoms with Crippen LogP contribution < -0.4 is 22.2 Å². The van der Waals surface area contributed by atoms with Crippen molar-refractivity contribution < 1.29 is 19.1 Å². The predicted molar refractivity (Wildman–Crippen MR) is 146 cm³/mol. The lowest BCUT2D eigenvalue weighted by molar-refractivity contribution is -0.140. The van der Waals surface area contributed by atoms with Crippen LogP contribution in [-0.2, 0) is 14.4 Å². The summed E-state index contributed by atoms with van der Waals surface area (Å²) in [5.74, 6) is -2.24. The predicted octanol–water partition coefficient (Wildman–Crippen LogP) is 1.23. The molecule has 5 N–H and O–H groups in total. The summed E-state index contributed by atoms with van der Waals surface area (Å²) in [5.41, 5.74) is 5.98. The summed E-state index contributed by atoms with van der Waals surface area (Å²) in [6, 6.07) is 13.6. The molecule has 0 aliphatic rings. The van der Waals surface area contributed by atoms with Crippen molar-refractivity contribution in [2.45, 2.75) is 10.3 Å². The van der Waals surface area contributed by atoms with Crippen LogP contribution in [0.15, 0.2) is 78.2 Å². The number of benzene rings is 2. The van der Waals surface area contributed by atoms with Gasteiger partial charge in [0.2, 0.25) is 11.7 Å². The van der Waals surface area contributed by atoms with Crippen LogP contribution in [0.4, 0.5) is 5.82 Å². The van der Waals surface area contributed by atoms with E-state index in [-0.39, 0.29) is 50.3 Å². The number of oxime groups is 1. The molecular weight excluding hydrogens is 562 g/mol. The number of thioether (sulfide) groups is 2. The molecule has 15 nitrogen and oxygen atoms in total. The molecule has 2 aromatic carbocycles. The number of aromatic amines is 2. The molecule has 3 aromatic heterocycles. The van der Waals surface area contributed by atoms with Crippen molar-refractivity contribution in [3.05, 3.63) is 74.9 Å². The zero-order chi connectivity index (χ0) is 28.1. The van der Waals surface area contributed by atoms with E-state index in [2.05, 4.69) is 45.4 Å². The van der Waals surface area contributed by atoms with Crippen LogP contribution in [0.25, 0.3) is 21.8 Å². The van der Waals surface area contributed by atoms with Gasteiger partial charge in [-0.05, 0) is 34.6 Å². The molecule has 0 aliphatic carbocycles. The van der Waals surface area contributed by atoms with Crippen molar-refractivity contribution in [2.75, 3.05) is 16.8 Å². The highest BCUT2D eigenvalue weighted by molar-refractivity contribution is 8.00. The minimum Gasteiger partial charge on any atom is -0.379 e. The van der Waals surface area contributed by atoms with Gasteiger partial charge >= 0.3 is 5.97 Å². The summed E-state index contributed by atoms with van der Waals surface area (Å²) in [4.78, 5) is 67.5. The van der Waals surface area contributed by atoms with E-state index in [9.17, 15) is 19.2 Å². The van der Waals surface area contributed by atoms with Gasteiger partial charge in [0.05, 0.1) is 27.6 Å². The Bertz CT molecular complexity index is 1880. The van der Waals surface area contributed by atoms with E-state index in [0.717, 1.165) is 23.5 Å². The number of anilines is 1. The number of fused-ring (bicyclic) bond motifs is 2. The van der Waals surface area contributed by atoms with E-state index in [1.165, 1.54) is 0 Å². The first kappa shape index (κ1) is 26.6. The van der Waals surface area contributed by atoms with E-state index < -0.39 is 11.9 Å². The molecule has 17 heteroatoms. The number of nitrogens with one attached hydrogen (secondary N) is 3. The van der Waals surface area contributed by atoms with Gasteiger partial charge in [0.15, 0.2) is 21.8 Å². The third-order valence-corrected chi connectivity index (χ3v) is 6.80. The van der Waals surface area contributed by atoms with Crippen molar-refractivity contribution in [1.82, 2.24) is 30.2 Å². The summed E-state index contributed by atoms with van der Waals surface area (Å²) in [6.45, 7) is 0. The van der Waals surface area contributed by atoms with Crippen LogP contribution in [0.3, 0.4) is 0 Å². The van der Waals surface area contributed by atoms with Crippen molar-refractivity contribution in [3.8, 4) is 0 Å². The van der Waals surface area contributed by atoms with Crippen LogP contribution in [0.1, 0.15) is 5.69 Å². The SMILES string of the molecule is N/C(=N\OC(=O)CSc1nc2ccccc2c(=O)[nH]1)c1nonc1NC(=O)CSc1nc2ccccc2c(=O)[nH]1. The highest BCUT2D eigenvalue weighted by atomic mass is 32.2. The van der Waals surface area contributed by atoms with Crippen molar-refractivity contribution in [1.29, 1.82) is 0 Å². The molecule has 0 saturated heterocycles. The van der Waals surface area contributed by atoms with Gasteiger partial charge in [-0.25, -0.2) is 19.4 Å². The summed E-state index contributed by atoms with van der Waals surface area (Å²) in [7, 11) is 0. The normalized spacial score (nSPS) is 11.6. The highest BCUT2D eigenvalue weighted by Gasteiger charge is 2.18. The van der Waals surface area contributed by atoms with Gasteiger partial charge in [-0.1, -0.05) is 52.9 Å². The lowest BCUT2D eigenvalue weighted by Gasteiger charge is -2.04. The van der Waals surface area contributed by atoms with Gasteiger partial charge in [0.25, 0.3) is 11.1 Å². The number of rotatable bonds is 9. The van der Waals surface area contributed by atoms with Crippen molar-refractivity contribution in [2.24, 2.45) is 10.9 Å². The van der Waals surface area contributed by atoms with Crippen LogP contribution in [-0.4, -0.2) is 59.5 Å². The van der Waals surface area contributed by atoms with Crippen LogP contribution >= 0.6 is 23.5 Å². The average Bonchev–Trinajstić information content (AvgIpc) is 3.42. The van der Waals surface area contributed by atoms with E-state index in [1.54, 1.807) is 48.5 Å². The van der Waals surface area contributed by atoms with E-state index in [0.29, 0.717) is 21.8 Å². The molecule has 0 spiro atoms. The monoisotopic (exact) mass is 579 g/mol. The molecular formula is C23H17N9O6S2. The van der Waals surface area contributed by atoms with Gasteiger partial charge in [-0.15, -0.1) is 0 Å². The summed E-state index contributed by atoms with van der Waals surface area (Å²) in [5, 5.41) is 14.5. The number of nitrogens with zero attached hydrogens (tertiary/aromatic N) is 5. The van der Waals surface area contributed by atoms with E-state index in [1.807, 2.05) is 0 Å². The zero-order valence-electron chi connectivity index (χ0n) is 20.1. The number of nitrogens with two attached hydrogens (primary N) is 1. The first-order valence-electron chi connectivity index (χ1n) is 11.3. The Morgan fingerprint density at radius 1 is 0.900 bits per heavy atom. The number of aromatic nitrogens is 6.